The van der Waals surface area contributed by atoms with E-state index in [9.17, 15) is 13.2 Å². The molecule has 1 amide bonds. The second kappa shape index (κ2) is 8.67. The molecule has 2 rings (SSSR count). The van der Waals surface area contributed by atoms with Gasteiger partial charge in [0.2, 0.25) is 15.9 Å². The Morgan fingerprint density at radius 2 is 1.48 bits per heavy atom. The van der Waals surface area contributed by atoms with Crippen molar-refractivity contribution in [3.05, 3.63) is 65.7 Å². The topological polar surface area (TPSA) is 75.3 Å². The number of nitrogens with one attached hydrogen (secondary N) is 2. The molecule has 0 saturated carbocycles. The van der Waals surface area contributed by atoms with E-state index in [-0.39, 0.29) is 29.8 Å². The largest absolute Gasteiger partial charge is 0.352 e. The first-order valence-electron chi connectivity index (χ1n) is 6.84. The van der Waals surface area contributed by atoms with E-state index in [2.05, 4.69) is 10.0 Å². The van der Waals surface area contributed by atoms with E-state index in [1.807, 2.05) is 30.3 Å². The molecule has 0 aliphatic carbocycles. The molecular weight excluding hydrogens is 336 g/mol. The molecule has 0 atom stereocenters. The lowest BCUT2D eigenvalue weighted by Gasteiger charge is -2.08. The molecule has 0 heterocycles. The number of benzene rings is 2. The van der Waals surface area contributed by atoms with E-state index < -0.39 is 10.0 Å². The predicted octanol–water partition coefficient (Wildman–Crippen LogP) is 2.22. The minimum atomic E-state index is -3.54. The molecule has 124 valence electrons. The van der Waals surface area contributed by atoms with Crippen molar-refractivity contribution in [2.45, 2.75) is 24.9 Å². The third-order valence-electron chi connectivity index (χ3n) is 3.08. The Labute approximate surface area is 142 Å². The van der Waals surface area contributed by atoms with Crippen molar-refractivity contribution in [2.75, 3.05) is 0 Å². The van der Waals surface area contributed by atoms with Crippen LogP contribution in [0.25, 0.3) is 0 Å². The predicted molar refractivity (Wildman–Crippen MR) is 91.7 cm³/mol. The van der Waals surface area contributed by atoms with Crippen molar-refractivity contribution in [2.24, 2.45) is 0 Å². The summed E-state index contributed by atoms with van der Waals surface area (Å²) in [5, 5.41) is 2.66. The molecule has 5 nitrogen and oxygen atoms in total. The number of carbonyl (C=O) groups excluding carboxylic acids is 1. The first-order chi connectivity index (χ1) is 10.5. The van der Waals surface area contributed by atoms with Gasteiger partial charge in [0.05, 0.1) is 4.90 Å². The van der Waals surface area contributed by atoms with Gasteiger partial charge in [-0.1, -0.05) is 42.5 Å². The van der Waals surface area contributed by atoms with Gasteiger partial charge in [0, 0.05) is 20.0 Å². The number of amides is 1. The third kappa shape index (κ3) is 6.02. The van der Waals surface area contributed by atoms with E-state index in [1.165, 1.54) is 19.1 Å². The molecule has 0 aliphatic rings. The van der Waals surface area contributed by atoms with Gasteiger partial charge in [-0.15, -0.1) is 12.4 Å². The number of halogens is 1. The molecular formula is C16H19ClN2O3S. The zero-order chi connectivity index (χ0) is 16.0. The highest BCUT2D eigenvalue weighted by atomic mass is 35.5. The summed E-state index contributed by atoms with van der Waals surface area (Å²) >= 11 is 0. The molecule has 0 bridgehead atoms. The Kier molecular flexibility index (Phi) is 7.22. The quantitative estimate of drug-likeness (QED) is 0.835. The first-order valence-corrected chi connectivity index (χ1v) is 8.33. The maximum atomic E-state index is 12.2. The van der Waals surface area contributed by atoms with Gasteiger partial charge < -0.3 is 5.32 Å². The fraction of sp³-hybridized carbons (Fsp3) is 0.188. The molecule has 2 aromatic rings. The van der Waals surface area contributed by atoms with Crippen molar-refractivity contribution in [1.29, 1.82) is 0 Å². The Morgan fingerprint density at radius 3 is 2.04 bits per heavy atom. The second-order valence-corrected chi connectivity index (χ2v) is 6.63. The van der Waals surface area contributed by atoms with Crippen LogP contribution in [-0.4, -0.2) is 14.3 Å². The summed E-state index contributed by atoms with van der Waals surface area (Å²) in [7, 11) is -3.54. The number of sulfonamides is 1. The van der Waals surface area contributed by atoms with Gasteiger partial charge in [-0.3, -0.25) is 4.79 Å². The van der Waals surface area contributed by atoms with Crippen LogP contribution in [0.4, 0.5) is 0 Å². The molecule has 0 aromatic heterocycles. The summed E-state index contributed by atoms with van der Waals surface area (Å²) < 4.78 is 27.0. The van der Waals surface area contributed by atoms with Gasteiger partial charge in [0.1, 0.15) is 0 Å². The Hall–Kier alpha value is -1.89. The molecule has 0 fully saturated rings. The number of hydrogen-bond acceptors (Lipinski definition) is 3. The number of carbonyl (C=O) groups is 1. The monoisotopic (exact) mass is 354 g/mol. The summed E-state index contributed by atoms with van der Waals surface area (Å²) in [6.45, 7) is 2.07. The minimum absolute atomic E-state index is 0. The van der Waals surface area contributed by atoms with Crippen LogP contribution in [0.15, 0.2) is 59.5 Å². The maximum absolute atomic E-state index is 12.2. The first kappa shape index (κ1) is 19.2. The van der Waals surface area contributed by atoms with Gasteiger partial charge in [-0.05, 0) is 23.3 Å². The van der Waals surface area contributed by atoms with Gasteiger partial charge >= 0.3 is 0 Å². The smallest absolute Gasteiger partial charge is 0.240 e. The van der Waals surface area contributed by atoms with Crippen molar-refractivity contribution in [3.8, 4) is 0 Å². The molecule has 7 heteroatoms. The van der Waals surface area contributed by atoms with E-state index in [4.69, 9.17) is 0 Å². The highest BCUT2D eigenvalue weighted by Gasteiger charge is 2.13. The Balaban J connectivity index is 0.00000264. The highest BCUT2D eigenvalue weighted by Crippen LogP contribution is 2.11. The second-order valence-electron chi connectivity index (χ2n) is 4.86. The molecule has 2 aromatic carbocycles. The Morgan fingerprint density at radius 1 is 0.913 bits per heavy atom. The molecule has 0 saturated heterocycles. The zero-order valence-corrected chi connectivity index (χ0v) is 14.3. The lowest BCUT2D eigenvalue weighted by molar-refractivity contribution is -0.119. The van der Waals surface area contributed by atoms with Crippen LogP contribution < -0.4 is 10.0 Å². The van der Waals surface area contributed by atoms with Gasteiger partial charge in [-0.2, -0.15) is 0 Å². The van der Waals surface area contributed by atoms with Crippen molar-refractivity contribution in [1.82, 2.24) is 10.0 Å². The molecule has 23 heavy (non-hydrogen) atoms. The lowest BCUT2D eigenvalue weighted by atomic mass is 10.2. The van der Waals surface area contributed by atoms with Crippen molar-refractivity contribution < 1.29 is 13.2 Å². The fourth-order valence-corrected chi connectivity index (χ4v) is 2.89. The summed E-state index contributed by atoms with van der Waals surface area (Å²) in [5.74, 6) is -0.124. The molecule has 0 unspecified atom stereocenters. The summed E-state index contributed by atoms with van der Waals surface area (Å²) in [6.07, 6.45) is 0. The van der Waals surface area contributed by atoms with Gasteiger partial charge in [0.25, 0.3) is 0 Å². The van der Waals surface area contributed by atoms with E-state index in [0.717, 1.165) is 11.1 Å². The van der Waals surface area contributed by atoms with Crippen molar-refractivity contribution >= 4 is 28.3 Å². The normalized spacial score (nSPS) is 10.7. The van der Waals surface area contributed by atoms with Crippen LogP contribution >= 0.6 is 12.4 Å². The fourth-order valence-electron chi connectivity index (χ4n) is 1.87. The van der Waals surface area contributed by atoms with Gasteiger partial charge in [-0.25, -0.2) is 13.1 Å². The molecule has 2 N–H and O–H groups in total. The zero-order valence-electron chi connectivity index (χ0n) is 12.7. The Bertz CT molecular complexity index is 732. The number of hydrogen-bond donors (Lipinski definition) is 2. The van der Waals surface area contributed by atoms with Crippen LogP contribution in [0, 0.1) is 0 Å². The maximum Gasteiger partial charge on any atom is 0.240 e. The molecule has 0 aliphatic heterocycles. The SMILES string of the molecule is CC(=O)NCc1ccc(S(=O)(=O)NCc2ccccc2)cc1.Cl. The summed E-state index contributed by atoms with van der Waals surface area (Å²) in [5.41, 5.74) is 1.74. The third-order valence-corrected chi connectivity index (χ3v) is 4.50. The van der Waals surface area contributed by atoms with E-state index in [1.54, 1.807) is 12.1 Å². The standard InChI is InChI=1S/C16H18N2O3S.ClH/c1-13(19)17-11-15-7-9-16(10-8-15)22(20,21)18-12-14-5-3-2-4-6-14;/h2-10,18H,11-12H2,1H3,(H,17,19);1H. The average molecular weight is 355 g/mol. The summed E-state index contributed by atoms with van der Waals surface area (Å²) in [4.78, 5) is 11.0. The summed E-state index contributed by atoms with van der Waals surface area (Å²) in [6, 6.07) is 15.8. The van der Waals surface area contributed by atoms with Crippen LogP contribution in [-0.2, 0) is 27.9 Å². The molecule has 0 spiro atoms. The number of rotatable bonds is 6. The van der Waals surface area contributed by atoms with E-state index in [0.29, 0.717) is 6.54 Å². The van der Waals surface area contributed by atoms with Crippen LogP contribution in [0.1, 0.15) is 18.1 Å². The lowest BCUT2D eigenvalue weighted by Crippen LogP contribution is -2.23. The highest BCUT2D eigenvalue weighted by molar-refractivity contribution is 7.89. The minimum Gasteiger partial charge on any atom is -0.352 e. The average Bonchev–Trinajstić information content (AvgIpc) is 2.52. The van der Waals surface area contributed by atoms with Gasteiger partial charge in [0.15, 0.2) is 0 Å². The van der Waals surface area contributed by atoms with Crippen LogP contribution in [0.2, 0.25) is 0 Å². The van der Waals surface area contributed by atoms with Crippen LogP contribution in [0.3, 0.4) is 0 Å². The molecule has 0 radical (unpaired) electrons. The van der Waals surface area contributed by atoms with Crippen LogP contribution in [0.5, 0.6) is 0 Å². The van der Waals surface area contributed by atoms with E-state index >= 15 is 0 Å². The van der Waals surface area contributed by atoms with Crippen molar-refractivity contribution in [3.63, 3.8) is 0 Å².